The van der Waals surface area contributed by atoms with E-state index in [2.05, 4.69) is 177 Å². The van der Waals surface area contributed by atoms with Crippen LogP contribution in [-0.4, -0.2) is 6.54 Å². The van der Waals surface area contributed by atoms with Crippen molar-refractivity contribution >= 4 is 11.4 Å². The second kappa shape index (κ2) is 14.8. The molecule has 44 heavy (non-hydrogen) atoms. The minimum Gasteiger partial charge on any atom is -0.337 e. The van der Waals surface area contributed by atoms with E-state index in [1.807, 2.05) is 19.1 Å². The second-order valence-corrected chi connectivity index (χ2v) is 11.1. The van der Waals surface area contributed by atoms with E-state index < -0.39 is 0 Å². The van der Waals surface area contributed by atoms with Crippen LogP contribution >= 0.6 is 0 Å². The molecule has 0 amide bonds. The molecule has 0 unspecified atom stereocenters. The average Bonchev–Trinajstić information content (AvgIpc) is 3.06. The van der Waals surface area contributed by atoms with E-state index in [4.69, 9.17) is 0 Å². The van der Waals surface area contributed by atoms with Crippen molar-refractivity contribution in [3.05, 3.63) is 181 Å². The molecule has 1 nitrogen and oxygen atoms in total. The number of benzene rings is 5. The van der Waals surface area contributed by atoms with Crippen LogP contribution in [-0.2, 0) is 0 Å². The largest absolute Gasteiger partial charge is 0.337 e. The van der Waals surface area contributed by atoms with Gasteiger partial charge in [0, 0.05) is 23.5 Å². The Balaban J connectivity index is 1.54. The number of allylic oxidation sites excluding steroid dienone is 7. The van der Waals surface area contributed by atoms with E-state index in [1.54, 1.807) is 0 Å². The smallest absolute Gasteiger partial charge is 0.0493 e. The molecule has 0 aliphatic rings. The molecule has 0 N–H and O–H groups in total. The van der Waals surface area contributed by atoms with Crippen molar-refractivity contribution in [3.8, 4) is 33.4 Å². The number of aryl methyl sites for hydroxylation is 2. The van der Waals surface area contributed by atoms with Crippen LogP contribution < -0.4 is 4.90 Å². The molecule has 218 valence electrons. The zero-order valence-corrected chi connectivity index (χ0v) is 26.2. The van der Waals surface area contributed by atoms with Gasteiger partial charge in [0.25, 0.3) is 0 Å². The van der Waals surface area contributed by atoms with E-state index >= 15 is 0 Å². The average molecular weight is 572 g/mol. The third-order valence-corrected chi connectivity index (χ3v) is 7.87. The summed E-state index contributed by atoms with van der Waals surface area (Å²) < 4.78 is 0. The SMILES string of the molecule is C\C=C/C=C\C(C)=C\C=C/CN(c1ccc(-c2ccccc2)cc1)c1ccccc1-c1cccc(-c2c(C)cccc2C)c1. The first-order valence-corrected chi connectivity index (χ1v) is 15.4. The maximum Gasteiger partial charge on any atom is 0.0493 e. The second-order valence-electron chi connectivity index (χ2n) is 11.1. The highest BCUT2D eigenvalue weighted by Gasteiger charge is 2.15. The quantitative estimate of drug-likeness (QED) is 0.151. The van der Waals surface area contributed by atoms with Crippen LogP contribution in [0.4, 0.5) is 11.4 Å². The Kier molecular flexibility index (Phi) is 10.2. The van der Waals surface area contributed by atoms with Gasteiger partial charge in [-0.05, 0) is 90.9 Å². The molecule has 5 aromatic rings. The fraction of sp³-hybridized carbons (Fsp3) is 0.116. The maximum absolute atomic E-state index is 2.41. The molecular formula is C43H41N. The molecule has 0 bridgehead atoms. The Morgan fingerprint density at radius 1 is 0.614 bits per heavy atom. The first-order valence-electron chi connectivity index (χ1n) is 15.4. The van der Waals surface area contributed by atoms with E-state index in [0.29, 0.717) is 0 Å². The van der Waals surface area contributed by atoms with Crippen LogP contribution in [0.25, 0.3) is 33.4 Å². The molecule has 1 heteroatoms. The zero-order chi connectivity index (χ0) is 30.7. The van der Waals surface area contributed by atoms with Gasteiger partial charge in [-0.3, -0.25) is 0 Å². The van der Waals surface area contributed by atoms with Crippen LogP contribution in [0.15, 0.2) is 169 Å². The zero-order valence-electron chi connectivity index (χ0n) is 26.2. The molecule has 0 spiro atoms. The van der Waals surface area contributed by atoms with E-state index in [9.17, 15) is 0 Å². The molecule has 0 fully saturated rings. The van der Waals surface area contributed by atoms with Crippen molar-refractivity contribution in [2.24, 2.45) is 0 Å². The van der Waals surface area contributed by atoms with Gasteiger partial charge in [0.1, 0.15) is 0 Å². The van der Waals surface area contributed by atoms with Gasteiger partial charge in [-0.15, -0.1) is 0 Å². The third kappa shape index (κ3) is 7.43. The van der Waals surface area contributed by atoms with Gasteiger partial charge < -0.3 is 4.90 Å². The van der Waals surface area contributed by atoms with E-state index in [-0.39, 0.29) is 0 Å². The Labute approximate surface area is 263 Å². The van der Waals surface area contributed by atoms with Gasteiger partial charge in [0.05, 0.1) is 0 Å². The topological polar surface area (TPSA) is 3.24 Å². The molecule has 0 saturated carbocycles. The Morgan fingerprint density at radius 2 is 1.25 bits per heavy atom. The lowest BCUT2D eigenvalue weighted by molar-refractivity contribution is 1.10. The summed E-state index contributed by atoms with van der Waals surface area (Å²) in [7, 11) is 0. The van der Waals surface area contributed by atoms with Crippen LogP contribution in [0.1, 0.15) is 25.0 Å². The molecule has 0 radical (unpaired) electrons. The number of nitrogens with zero attached hydrogens (tertiary/aromatic N) is 1. The Morgan fingerprint density at radius 3 is 2.00 bits per heavy atom. The number of hydrogen-bond donors (Lipinski definition) is 0. The molecule has 0 atom stereocenters. The molecular weight excluding hydrogens is 530 g/mol. The highest BCUT2D eigenvalue weighted by molar-refractivity contribution is 5.86. The van der Waals surface area contributed by atoms with Gasteiger partial charge in [-0.2, -0.15) is 0 Å². The first kappa shape index (κ1) is 30.3. The fourth-order valence-electron chi connectivity index (χ4n) is 5.63. The standard InChI is InChI=1S/C43H41N/c1-5-6-8-17-33(2)18-13-14-31-44(40-29-27-37(28-30-40)36-21-9-7-10-22-36)42-26-12-11-25-41(42)38-23-16-24-39(32-38)43-34(3)19-15-20-35(43)4/h5-30,32H,31H2,1-4H3/b6-5-,14-13-,17-8-,33-18+. The lowest BCUT2D eigenvalue weighted by atomic mass is 9.92. The van der Waals surface area contributed by atoms with Gasteiger partial charge >= 0.3 is 0 Å². The fourth-order valence-corrected chi connectivity index (χ4v) is 5.63. The summed E-state index contributed by atoms with van der Waals surface area (Å²) in [5.74, 6) is 0. The Bertz CT molecular complexity index is 1780. The highest BCUT2D eigenvalue weighted by Crippen LogP contribution is 2.38. The number of rotatable bonds is 10. The summed E-state index contributed by atoms with van der Waals surface area (Å²) >= 11 is 0. The van der Waals surface area contributed by atoms with Crippen LogP contribution in [0.3, 0.4) is 0 Å². The van der Waals surface area contributed by atoms with Gasteiger partial charge in [-0.1, -0.05) is 145 Å². The maximum atomic E-state index is 2.41. The molecule has 0 aliphatic carbocycles. The molecule has 5 rings (SSSR count). The number of anilines is 2. The predicted molar refractivity (Wildman–Crippen MR) is 193 cm³/mol. The normalized spacial score (nSPS) is 12.0. The summed E-state index contributed by atoms with van der Waals surface area (Å²) in [6, 6.07) is 43.7. The summed E-state index contributed by atoms with van der Waals surface area (Å²) in [4.78, 5) is 2.41. The van der Waals surface area contributed by atoms with Gasteiger partial charge in [-0.25, -0.2) is 0 Å². The minimum atomic E-state index is 0.737. The summed E-state index contributed by atoms with van der Waals surface area (Å²) in [6.07, 6.45) is 14.8. The van der Waals surface area contributed by atoms with E-state index in [0.717, 1.165) is 12.2 Å². The minimum absolute atomic E-state index is 0.737. The summed E-state index contributed by atoms with van der Waals surface area (Å²) in [6.45, 7) is 9.29. The Hall–Kier alpha value is -5.14. The summed E-state index contributed by atoms with van der Waals surface area (Å²) in [5, 5.41) is 0. The van der Waals surface area contributed by atoms with Crippen molar-refractivity contribution < 1.29 is 0 Å². The lowest BCUT2D eigenvalue weighted by Crippen LogP contribution is -2.17. The number of hydrogen-bond acceptors (Lipinski definition) is 1. The molecule has 0 heterocycles. The highest BCUT2D eigenvalue weighted by atomic mass is 15.1. The van der Waals surface area contributed by atoms with Gasteiger partial charge in [0.15, 0.2) is 0 Å². The first-order chi connectivity index (χ1) is 21.5. The third-order valence-electron chi connectivity index (χ3n) is 7.87. The van der Waals surface area contributed by atoms with Crippen LogP contribution in [0.2, 0.25) is 0 Å². The summed E-state index contributed by atoms with van der Waals surface area (Å²) in [5.41, 5.74) is 13.6. The van der Waals surface area contributed by atoms with Crippen molar-refractivity contribution in [2.75, 3.05) is 11.4 Å². The predicted octanol–water partition coefficient (Wildman–Crippen LogP) is 12.1. The van der Waals surface area contributed by atoms with Crippen molar-refractivity contribution in [1.82, 2.24) is 0 Å². The monoisotopic (exact) mass is 571 g/mol. The van der Waals surface area contributed by atoms with Crippen LogP contribution in [0.5, 0.6) is 0 Å². The van der Waals surface area contributed by atoms with Crippen molar-refractivity contribution in [2.45, 2.75) is 27.7 Å². The lowest BCUT2D eigenvalue weighted by Gasteiger charge is -2.27. The molecule has 5 aromatic carbocycles. The molecule has 0 aliphatic heterocycles. The van der Waals surface area contributed by atoms with Gasteiger partial charge in [0.2, 0.25) is 0 Å². The molecule has 0 saturated heterocycles. The van der Waals surface area contributed by atoms with Crippen molar-refractivity contribution in [3.63, 3.8) is 0 Å². The van der Waals surface area contributed by atoms with Crippen molar-refractivity contribution in [1.29, 1.82) is 0 Å². The van der Waals surface area contributed by atoms with E-state index in [1.165, 1.54) is 55.8 Å². The molecule has 0 aromatic heterocycles. The number of para-hydroxylation sites is 1. The van der Waals surface area contributed by atoms with Crippen LogP contribution in [0, 0.1) is 13.8 Å².